The summed E-state index contributed by atoms with van der Waals surface area (Å²) in [6.45, 7) is 6.40. The second-order valence-electron chi connectivity index (χ2n) is 9.71. The maximum atomic E-state index is 12.7. The van der Waals surface area contributed by atoms with E-state index in [2.05, 4.69) is 36.7 Å². The molecular weight excluding hydrogens is 478 g/mol. The molecule has 2 amide bonds. The molecule has 5 nitrogen and oxygen atoms in total. The van der Waals surface area contributed by atoms with Crippen LogP contribution >= 0.6 is 12.2 Å². The van der Waals surface area contributed by atoms with E-state index in [0.717, 1.165) is 16.7 Å². The normalized spacial score (nSPS) is 10.9. The Morgan fingerprint density at radius 2 is 1.16 bits per heavy atom. The Balaban J connectivity index is 1.34. The topological polar surface area (TPSA) is 70.2 Å². The first kappa shape index (κ1) is 25.8. The van der Waals surface area contributed by atoms with Gasteiger partial charge < -0.3 is 10.6 Å². The first-order valence-electron chi connectivity index (χ1n) is 12.0. The predicted molar refractivity (Wildman–Crippen MR) is 155 cm³/mol. The smallest absolute Gasteiger partial charge is 0.257 e. The first-order chi connectivity index (χ1) is 17.7. The molecule has 0 aliphatic heterocycles. The fraction of sp³-hybridized carbons (Fsp3) is 0.129. The lowest BCUT2D eigenvalue weighted by molar-refractivity contribution is 0.0976. The molecule has 3 N–H and O–H groups in total. The van der Waals surface area contributed by atoms with Gasteiger partial charge in [0.15, 0.2) is 5.11 Å². The summed E-state index contributed by atoms with van der Waals surface area (Å²) in [4.78, 5) is 25.4. The van der Waals surface area contributed by atoms with E-state index in [1.807, 2.05) is 66.7 Å². The molecule has 0 aliphatic carbocycles. The highest BCUT2D eigenvalue weighted by atomic mass is 32.1. The molecule has 0 saturated heterocycles. The number of anilines is 2. The van der Waals surface area contributed by atoms with E-state index in [9.17, 15) is 9.59 Å². The average Bonchev–Trinajstić information content (AvgIpc) is 2.89. The molecule has 0 heterocycles. The number of amides is 2. The molecule has 0 fully saturated rings. The molecule has 4 aromatic rings. The van der Waals surface area contributed by atoms with Crippen molar-refractivity contribution >= 4 is 40.5 Å². The van der Waals surface area contributed by atoms with Crippen molar-refractivity contribution in [3.05, 3.63) is 120 Å². The first-order valence-corrected chi connectivity index (χ1v) is 12.4. The number of thiocarbonyl (C=S) groups is 1. The van der Waals surface area contributed by atoms with E-state index in [1.165, 1.54) is 0 Å². The Hall–Kier alpha value is -4.29. The molecule has 0 atom stereocenters. The third kappa shape index (κ3) is 6.90. The molecule has 0 unspecified atom stereocenters. The Morgan fingerprint density at radius 1 is 0.622 bits per heavy atom. The number of nitrogens with one attached hydrogen (secondary N) is 3. The second-order valence-corrected chi connectivity index (χ2v) is 10.1. The third-order valence-electron chi connectivity index (χ3n) is 5.87. The Kier molecular flexibility index (Phi) is 7.80. The Labute approximate surface area is 222 Å². The Morgan fingerprint density at radius 3 is 1.78 bits per heavy atom. The van der Waals surface area contributed by atoms with Gasteiger partial charge in [-0.2, -0.15) is 0 Å². The monoisotopic (exact) mass is 507 g/mol. The summed E-state index contributed by atoms with van der Waals surface area (Å²) in [5.74, 6) is -0.507. The SMILES string of the molecule is CC(C)(C)c1ccc(C(=O)Nc2cccc(NC(=S)NC(=O)c3ccc(-c4ccccc4)cc3)c2)cc1. The summed E-state index contributed by atoms with van der Waals surface area (Å²) in [7, 11) is 0. The van der Waals surface area contributed by atoms with Crippen molar-refractivity contribution in [2.75, 3.05) is 10.6 Å². The lowest BCUT2D eigenvalue weighted by atomic mass is 9.87. The molecule has 186 valence electrons. The minimum Gasteiger partial charge on any atom is -0.332 e. The van der Waals surface area contributed by atoms with Gasteiger partial charge in [-0.05, 0) is 76.8 Å². The standard InChI is InChI=1S/C31H29N3O2S/c1-31(2,3)25-18-16-24(17-19-25)28(35)32-26-10-7-11-27(20-26)33-30(37)34-29(36)23-14-12-22(13-15-23)21-8-5-4-6-9-21/h4-20H,1-3H3,(H,32,35)(H2,33,34,36,37). The number of hydrogen-bond acceptors (Lipinski definition) is 3. The van der Waals surface area contributed by atoms with Crippen LogP contribution < -0.4 is 16.0 Å². The van der Waals surface area contributed by atoms with Crippen LogP contribution in [0.5, 0.6) is 0 Å². The van der Waals surface area contributed by atoms with Crippen LogP contribution in [0.25, 0.3) is 11.1 Å². The molecule has 0 bridgehead atoms. The molecule has 4 rings (SSSR count). The summed E-state index contributed by atoms with van der Waals surface area (Å²) in [6.07, 6.45) is 0. The van der Waals surface area contributed by atoms with Gasteiger partial charge in [0.25, 0.3) is 11.8 Å². The van der Waals surface area contributed by atoms with Gasteiger partial charge in [-0.15, -0.1) is 0 Å². The second kappa shape index (κ2) is 11.2. The predicted octanol–water partition coefficient (Wildman–Crippen LogP) is 7.03. The van der Waals surface area contributed by atoms with E-state index in [4.69, 9.17) is 12.2 Å². The number of hydrogen-bond donors (Lipinski definition) is 3. The fourth-order valence-corrected chi connectivity index (χ4v) is 3.99. The maximum Gasteiger partial charge on any atom is 0.257 e. The van der Waals surface area contributed by atoms with Crippen LogP contribution in [0.4, 0.5) is 11.4 Å². The highest BCUT2D eigenvalue weighted by molar-refractivity contribution is 7.80. The quantitative estimate of drug-likeness (QED) is 0.254. The van der Waals surface area contributed by atoms with Crippen LogP contribution in [0.15, 0.2) is 103 Å². The van der Waals surface area contributed by atoms with Crippen LogP contribution in [0.1, 0.15) is 47.1 Å². The van der Waals surface area contributed by atoms with Crippen molar-refractivity contribution in [2.24, 2.45) is 0 Å². The highest BCUT2D eigenvalue weighted by Crippen LogP contribution is 2.23. The lowest BCUT2D eigenvalue weighted by Gasteiger charge is -2.19. The van der Waals surface area contributed by atoms with Gasteiger partial charge in [-0.3, -0.25) is 14.9 Å². The van der Waals surface area contributed by atoms with Crippen molar-refractivity contribution in [1.29, 1.82) is 0 Å². The summed E-state index contributed by atoms with van der Waals surface area (Å²) in [5.41, 5.74) is 5.63. The molecule has 4 aromatic carbocycles. The van der Waals surface area contributed by atoms with Crippen LogP contribution in [-0.4, -0.2) is 16.9 Å². The van der Waals surface area contributed by atoms with Crippen LogP contribution in [-0.2, 0) is 5.41 Å². The van der Waals surface area contributed by atoms with Crippen molar-refractivity contribution in [3.8, 4) is 11.1 Å². The van der Waals surface area contributed by atoms with Crippen molar-refractivity contribution in [3.63, 3.8) is 0 Å². The summed E-state index contributed by atoms with van der Waals surface area (Å²) >= 11 is 5.33. The number of rotatable bonds is 5. The van der Waals surface area contributed by atoms with E-state index >= 15 is 0 Å². The number of benzene rings is 4. The molecule has 0 aromatic heterocycles. The van der Waals surface area contributed by atoms with Gasteiger partial charge in [0.05, 0.1) is 0 Å². The summed E-state index contributed by atoms with van der Waals surface area (Å²) < 4.78 is 0. The van der Waals surface area contributed by atoms with E-state index in [1.54, 1.807) is 36.4 Å². The molecule has 0 saturated carbocycles. The van der Waals surface area contributed by atoms with Gasteiger partial charge >= 0.3 is 0 Å². The minimum atomic E-state index is -0.305. The molecule has 37 heavy (non-hydrogen) atoms. The molecule has 0 aliphatic rings. The van der Waals surface area contributed by atoms with Gasteiger partial charge in [-0.1, -0.05) is 81.4 Å². The minimum absolute atomic E-state index is 0.0223. The number of carbonyl (C=O) groups excluding carboxylic acids is 2. The molecule has 6 heteroatoms. The van der Waals surface area contributed by atoms with Crippen molar-refractivity contribution in [2.45, 2.75) is 26.2 Å². The Bertz CT molecular complexity index is 1410. The lowest BCUT2D eigenvalue weighted by Crippen LogP contribution is -2.34. The molecule has 0 spiro atoms. The summed E-state index contributed by atoms with van der Waals surface area (Å²) in [6, 6.07) is 32.1. The average molecular weight is 508 g/mol. The van der Waals surface area contributed by atoms with Crippen LogP contribution in [0.2, 0.25) is 0 Å². The van der Waals surface area contributed by atoms with Crippen molar-refractivity contribution in [1.82, 2.24) is 5.32 Å². The summed E-state index contributed by atoms with van der Waals surface area (Å²) in [5, 5.41) is 8.78. The largest absolute Gasteiger partial charge is 0.332 e. The third-order valence-corrected chi connectivity index (χ3v) is 6.08. The number of carbonyl (C=O) groups is 2. The molecular formula is C31H29N3O2S. The van der Waals surface area contributed by atoms with Gasteiger partial charge in [0.2, 0.25) is 0 Å². The van der Waals surface area contributed by atoms with Crippen molar-refractivity contribution < 1.29 is 9.59 Å². The van der Waals surface area contributed by atoms with Crippen LogP contribution in [0, 0.1) is 0 Å². The molecule has 0 radical (unpaired) electrons. The van der Waals surface area contributed by atoms with Gasteiger partial charge in [0, 0.05) is 22.5 Å². The highest BCUT2D eigenvalue weighted by Gasteiger charge is 2.15. The zero-order chi connectivity index (χ0) is 26.4. The van der Waals surface area contributed by atoms with E-state index < -0.39 is 0 Å². The van der Waals surface area contributed by atoms with E-state index in [-0.39, 0.29) is 22.3 Å². The maximum absolute atomic E-state index is 12.7. The van der Waals surface area contributed by atoms with Gasteiger partial charge in [0.1, 0.15) is 0 Å². The van der Waals surface area contributed by atoms with Gasteiger partial charge in [-0.25, -0.2) is 0 Å². The fourth-order valence-electron chi connectivity index (χ4n) is 3.78. The van der Waals surface area contributed by atoms with Crippen LogP contribution in [0.3, 0.4) is 0 Å². The van der Waals surface area contributed by atoms with E-state index in [0.29, 0.717) is 22.5 Å². The zero-order valence-corrected chi connectivity index (χ0v) is 21.9. The zero-order valence-electron chi connectivity index (χ0n) is 21.0.